The van der Waals surface area contributed by atoms with E-state index in [1.54, 1.807) is 11.5 Å². The van der Waals surface area contributed by atoms with Crippen molar-refractivity contribution in [3.8, 4) is 0 Å². The quantitative estimate of drug-likeness (QED) is 0.836. The summed E-state index contributed by atoms with van der Waals surface area (Å²) < 4.78 is 2.83. The molecule has 0 N–H and O–H groups in total. The minimum absolute atomic E-state index is 0.0725. The van der Waals surface area contributed by atoms with Gasteiger partial charge in [-0.15, -0.1) is 0 Å². The minimum atomic E-state index is 0.0725. The number of fused-ring (bicyclic) bond motifs is 1. The molecule has 106 valence electrons. The Hall–Kier alpha value is -1.13. The van der Waals surface area contributed by atoms with E-state index in [0.717, 1.165) is 16.4 Å². The molecule has 1 aliphatic rings. The molecular formula is C16H19BrN2O. The van der Waals surface area contributed by atoms with E-state index in [1.807, 2.05) is 18.3 Å². The van der Waals surface area contributed by atoms with Crippen molar-refractivity contribution in [1.82, 2.24) is 9.47 Å². The summed E-state index contributed by atoms with van der Waals surface area (Å²) in [5.41, 5.74) is 2.28. The van der Waals surface area contributed by atoms with E-state index in [-0.39, 0.29) is 5.91 Å². The third-order valence-electron chi connectivity index (χ3n) is 4.32. The van der Waals surface area contributed by atoms with Crippen LogP contribution in [0.3, 0.4) is 0 Å². The molecule has 3 nitrogen and oxygen atoms in total. The summed E-state index contributed by atoms with van der Waals surface area (Å²) in [6.45, 7) is 2.80. The maximum absolute atomic E-state index is 11.8. The Balaban J connectivity index is 2.05. The minimum Gasteiger partial charge on any atom is -0.303 e. The number of benzene rings is 1. The number of nitrogens with zero attached hydrogens (tertiary/aromatic N) is 2. The molecule has 3 rings (SSSR count). The molecule has 1 atom stereocenters. The highest BCUT2D eigenvalue weighted by atomic mass is 79.9. The van der Waals surface area contributed by atoms with Crippen molar-refractivity contribution in [3.05, 3.63) is 34.4 Å². The first-order valence-corrected chi connectivity index (χ1v) is 7.86. The summed E-state index contributed by atoms with van der Waals surface area (Å²) in [6.07, 6.45) is 5.56. The van der Waals surface area contributed by atoms with Gasteiger partial charge in [0.05, 0.1) is 5.52 Å². The molecule has 1 aliphatic heterocycles. The van der Waals surface area contributed by atoms with Crippen molar-refractivity contribution < 1.29 is 4.79 Å². The first-order valence-electron chi connectivity index (χ1n) is 7.07. The SMILES string of the molecule is CC(=O)n1cc(CC2CCCN2C)c2cc(Br)ccc21. The van der Waals surface area contributed by atoms with Crippen molar-refractivity contribution in [2.45, 2.75) is 32.2 Å². The van der Waals surface area contributed by atoms with E-state index in [0.29, 0.717) is 6.04 Å². The Morgan fingerprint density at radius 1 is 1.45 bits per heavy atom. The molecule has 1 aromatic heterocycles. The zero-order valence-electron chi connectivity index (χ0n) is 11.9. The van der Waals surface area contributed by atoms with Gasteiger partial charge in [-0.1, -0.05) is 15.9 Å². The molecule has 2 heterocycles. The average Bonchev–Trinajstić information content (AvgIpc) is 2.95. The molecule has 4 heteroatoms. The van der Waals surface area contributed by atoms with Gasteiger partial charge in [0, 0.05) is 29.0 Å². The second-order valence-electron chi connectivity index (χ2n) is 5.69. The van der Waals surface area contributed by atoms with Gasteiger partial charge in [-0.2, -0.15) is 0 Å². The van der Waals surface area contributed by atoms with Gasteiger partial charge in [0.15, 0.2) is 0 Å². The molecule has 0 spiro atoms. The Labute approximate surface area is 127 Å². The summed E-state index contributed by atoms with van der Waals surface area (Å²) in [5, 5.41) is 1.19. The Morgan fingerprint density at radius 2 is 2.25 bits per heavy atom. The van der Waals surface area contributed by atoms with Crippen molar-refractivity contribution in [3.63, 3.8) is 0 Å². The number of carbonyl (C=O) groups excluding carboxylic acids is 1. The lowest BCUT2D eigenvalue weighted by molar-refractivity contribution is 0.0941. The summed E-state index contributed by atoms with van der Waals surface area (Å²) in [6, 6.07) is 6.73. The molecule has 0 bridgehead atoms. The molecule has 1 aromatic carbocycles. The van der Waals surface area contributed by atoms with Crippen LogP contribution in [0.4, 0.5) is 0 Å². The number of rotatable bonds is 2. The van der Waals surface area contributed by atoms with Crippen molar-refractivity contribution in [1.29, 1.82) is 0 Å². The summed E-state index contributed by atoms with van der Waals surface area (Å²) >= 11 is 3.53. The summed E-state index contributed by atoms with van der Waals surface area (Å²) in [5.74, 6) is 0.0725. The van der Waals surface area contributed by atoms with Crippen LogP contribution >= 0.6 is 15.9 Å². The highest BCUT2D eigenvalue weighted by Crippen LogP contribution is 2.28. The van der Waals surface area contributed by atoms with Crippen molar-refractivity contribution >= 4 is 32.7 Å². The van der Waals surface area contributed by atoms with E-state index in [1.165, 1.54) is 30.3 Å². The fourth-order valence-corrected chi connectivity index (χ4v) is 3.55. The second-order valence-corrected chi connectivity index (χ2v) is 6.60. The van der Waals surface area contributed by atoms with Gasteiger partial charge in [0.25, 0.3) is 0 Å². The van der Waals surface area contributed by atoms with Gasteiger partial charge in [-0.05, 0) is 56.6 Å². The molecule has 2 aromatic rings. The second kappa shape index (κ2) is 5.34. The van der Waals surface area contributed by atoms with E-state index >= 15 is 0 Å². The Morgan fingerprint density at radius 3 is 2.90 bits per heavy atom. The van der Waals surface area contributed by atoms with Crippen molar-refractivity contribution in [2.24, 2.45) is 0 Å². The third kappa shape index (κ3) is 2.42. The lowest BCUT2D eigenvalue weighted by atomic mass is 10.0. The van der Waals surface area contributed by atoms with Gasteiger partial charge in [0.2, 0.25) is 5.91 Å². The molecule has 20 heavy (non-hydrogen) atoms. The van der Waals surface area contributed by atoms with Crippen LogP contribution in [0.5, 0.6) is 0 Å². The number of halogens is 1. The number of aromatic nitrogens is 1. The monoisotopic (exact) mass is 334 g/mol. The van der Waals surface area contributed by atoms with Gasteiger partial charge in [0.1, 0.15) is 0 Å². The standard InChI is InChI=1S/C16H19BrN2O/c1-11(20)19-10-12(8-14-4-3-7-18(14)2)15-9-13(17)5-6-16(15)19/h5-6,9-10,14H,3-4,7-8H2,1-2H3. The van der Waals surface area contributed by atoms with Crippen LogP contribution in [-0.4, -0.2) is 35.0 Å². The van der Waals surface area contributed by atoms with Crippen LogP contribution in [0, 0.1) is 0 Å². The highest BCUT2D eigenvalue weighted by Gasteiger charge is 2.23. The molecule has 0 amide bonds. The van der Waals surface area contributed by atoms with E-state index < -0.39 is 0 Å². The summed E-state index contributed by atoms with van der Waals surface area (Å²) in [7, 11) is 2.19. The maximum atomic E-state index is 11.8. The van der Waals surface area contributed by atoms with E-state index in [2.05, 4.69) is 33.9 Å². The third-order valence-corrected chi connectivity index (χ3v) is 4.81. The first kappa shape index (κ1) is 13.8. The smallest absolute Gasteiger partial charge is 0.227 e. The number of likely N-dealkylation sites (tertiary alicyclic amines) is 1. The van der Waals surface area contributed by atoms with Crippen LogP contribution in [0.1, 0.15) is 30.1 Å². The van der Waals surface area contributed by atoms with Crippen LogP contribution in [0.25, 0.3) is 10.9 Å². The molecular weight excluding hydrogens is 316 g/mol. The van der Waals surface area contributed by atoms with Gasteiger partial charge >= 0.3 is 0 Å². The average molecular weight is 335 g/mol. The number of hydrogen-bond donors (Lipinski definition) is 0. The zero-order valence-corrected chi connectivity index (χ0v) is 13.5. The normalized spacial score (nSPS) is 19.9. The Kier molecular flexibility index (Phi) is 3.69. The predicted octanol–water partition coefficient (Wildman–Crippen LogP) is 3.70. The summed E-state index contributed by atoms with van der Waals surface area (Å²) in [4.78, 5) is 14.2. The topological polar surface area (TPSA) is 25.2 Å². The fraction of sp³-hybridized carbons (Fsp3) is 0.438. The predicted molar refractivity (Wildman–Crippen MR) is 85.3 cm³/mol. The highest BCUT2D eigenvalue weighted by molar-refractivity contribution is 9.10. The maximum Gasteiger partial charge on any atom is 0.227 e. The molecule has 1 unspecified atom stereocenters. The van der Waals surface area contributed by atoms with Crippen molar-refractivity contribution in [2.75, 3.05) is 13.6 Å². The zero-order chi connectivity index (χ0) is 14.3. The first-order chi connectivity index (χ1) is 9.56. The lowest BCUT2D eigenvalue weighted by Crippen LogP contribution is -2.26. The molecule has 1 fully saturated rings. The van der Waals surface area contributed by atoms with Gasteiger partial charge in [-0.25, -0.2) is 0 Å². The fourth-order valence-electron chi connectivity index (χ4n) is 3.18. The lowest BCUT2D eigenvalue weighted by Gasteiger charge is -2.18. The number of carbonyl (C=O) groups is 1. The number of likely N-dealkylation sites (N-methyl/N-ethyl adjacent to an activating group) is 1. The van der Waals surface area contributed by atoms with Crippen LogP contribution in [-0.2, 0) is 6.42 Å². The molecule has 0 aliphatic carbocycles. The molecule has 0 radical (unpaired) electrons. The molecule has 0 saturated carbocycles. The van der Waals surface area contributed by atoms with Crippen LogP contribution < -0.4 is 0 Å². The Bertz CT molecular complexity index is 662. The largest absolute Gasteiger partial charge is 0.303 e. The number of hydrogen-bond acceptors (Lipinski definition) is 2. The molecule has 1 saturated heterocycles. The van der Waals surface area contributed by atoms with Gasteiger partial charge < -0.3 is 4.90 Å². The van der Waals surface area contributed by atoms with E-state index in [9.17, 15) is 4.79 Å². The van der Waals surface area contributed by atoms with Gasteiger partial charge in [-0.3, -0.25) is 9.36 Å². The van der Waals surface area contributed by atoms with Crippen LogP contribution in [0.15, 0.2) is 28.9 Å². The van der Waals surface area contributed by atoms with E-state index in [4.69, 9.17) is 0 Å². The van der Waals surface area contributed by atoms with Crippen LogP contribution in [0.2, 0.25) is 0 Å².